The highest BCUT2D eigenvalue weighted by Gasteiger charge is 2.33. The van der Waals surface area contributed by atoms with Crippen molar-refractivity contribution in [1.29, 1.82) is 0 Å². The van der Waals surface area contributed by atoms with E-state index in [-0.39, 0.29) is 18.0 Å². The number of benzene rings is 2. The minimum Gasteiger partial charge on any atom is -0.318 e. The molecule has 0 fully saturated rings. The summed E-state index contributed by atoms with van der Waals surface area (Å²) in [6, 6.07) is 18.6. The first-order chi connectivity index (χ1) is 13.4. The Bertz CT molecular complexity index is 998. The molecule has 4 heteroatoms. The number of carbonyl (C=O) groups is 1. The van der Waals surface area contributed by atoms with Crippen molar-refractivity contribution >= 4 is 11.7 Å². The maximum Gasteiger partial charge on any atom is 0.322 e. The molecule has 0 unspecified atom stereocenters. The monoisotopic (exact) mass is 373 g/mol. The van der Waals surface area contributed by atoms with E-state index in [1.165, 1.54) is 0 Å². The molecule has 0 aliphatic carbocycles. The summed E-state index contributed by atoms with van der Waals surface area (Å²) in [7, 11) is 0. The minimum absolute atomic E-state index is 0.00620. The fraction of sp³-hybridized carbons (Fsp3) is 0.292. The number of aryl methyl sites for hydroxylation is 2. The predicted octanol–water partition coefficient (Wildman–Crippen LogP) is 5.84. The molecule has 3 aromatic rings. The normalized spacial score (nSPS) is 15.8. The molecule has 0 spiro atoms. The lowest BCUT2D eigenvalue weighted by molar-refractivity contribution is 0.162. The SMILES string of the molecule is Cc1cc(C)cc(NC(=O)N2Cc3ccccc3-n3cccc3[C@@H]2C(C)C)c1. The van der Waals surface area contributed by atoms with Crippen LogP contribution >= 0.6 is 0 Å². The first-order valence-corrected chi connectivity index (χ1v) is 9.85. The van der Waals surface area contributed by atoms with Gasteiger partial charge in [-0.05, 0) is 66.8 Å². The van der Waals surface area contributed by atoms with Crippen LogP contribution in [-0.4, -0.2) is 15.5 Å². The van der Waals surface area contributed by atoms with Crippen molar-refractivity contribution in [3.05, 3.63) is 83.2 Å². The standard InChI is InChI=1S/C24H27N3O/c1-16(2)23-22-10-7-11-26(22)21-9-6-5-8-19(21)15-27(23)24(28)25-20-13-17(3)12-18(4)14-20/h5-14,16,23H,15H2,1-4H3,(H,25,28)/t23-/m0/s1. The van der Waals surface area contributed by atoms with Gasteiger partial charge in [-0.1, -0.05) is 38.1 Å². The van der Waals surface area contributed by atoms with Gasteiger partial charge in [0, 0.05) is 17.6 Å². The van der Waals surface area contributed by atoms with E-state index in [0.29, 0.717) is 6.54 Å². The van der Waals surface area contributed by atoms with Gasteiger partial charge in [0.25, 0.3) is 0 Å². The summed E-state index contributed by atoms with van der Waals surface area (Å²) in [5, 5.41) is 3.14. The van der Waals surface area contributed by atoms with Crippen molar-refractivity contribution < 1.29 is 4.79 Å². The third kappa shape index (κ3) is 3.31. The Balaban J connectivity index is 1.75. The van der Waals surface area contributed by atoms with Crippen LogP contribution in [0.3, 0.4) is 0 Å². The zero-order valence-corrected chi connectivity index (χ0v) is 16.9. The molecule has 1 aliphatic heterocycles. The summed E-state index contributed by atoms with van der Waals surface area (Å²) in [5.41, 5.74) is 6.58. The van der Waals surface area contributed by atoms with Crippen molar-refractivity contribution in [3.63, 3.8) is 0 Å². The second-order valence-corrected chi connectivity index (χ2v) is 8.06. The third-order valence-electron chi connectivity index (χ3n) is 5.38. The summed E-state index contributed by atoms with van der Waals surface area (Å²) in [6.07, 6.45) is 2.09. The van der Waals surface area contributed by atoms with Gasteiger partial charge < -0.3 is 14.8 Å². The number of aromatic nitrogens is 1. The van der Waals surface area contributed by atoms with E-state index in [1.54, 1.807) is 0 Å². The van der Waals surface area contributed by atoms with E-state index in [1.807, 2.05) is 23.1 Å². The lowest BCUT2D eigenvalue weighted by Gasteiger charge is -2.33. The Morgan fingerprint density at radius 3 is 2.46 bits per heavy atom. The number of urea groups is 1. The number of para-hydroxylation sites is 1. The second-order valence-electron chi connectivity index (χ2n) is 8.06. The number of amides is 2. The Labute approximate surface area is 166 Å². The molecule has 0 saturated heterocycles. The van der Waals surface area contributed by atoms with Gasteiger partial charge >= 0.3 is 6.03 Å². The number of fused-ring (bicyclic) bond motifs is 3. The van der Waals surface area contributed by atoms with Crippen molar-refractivity contribution in [2.75, 3.05) is 5.32 Å². The highest BCUT2D eigenvalue weighted by Crippen LogP contribution is 2.36. The van der Waals surface area contributed by atoms with Crippen molar-refractivity contribution in [3.8, 4) is 5.69 Å². The molecule has 4 nitrogen and oxygen atoms in total. The topological polar surface area (TPSA) is 37.3 Å². The number of nitrogens with zero attached hydrogens (tertiary/aromatic N) is 2. The molecule has 0 bridgehead atoms. The summed E-state index contributed by atoms with van der Waals surface area (Å²) in [4.78, 5) is 15.4. The van der Waals surface area contributed by atoms with E-state index in [9.17, 15) is 4.79 Å². The van der Waals surface area contributed by atoms with E-state index in [4.69, 9.17) is 0 Å². The van der Waals surface area contributed by atoms with Crippen LogP contribution in [0.15, 0.2) is 60.8 Å². The molecule has 28 heavy (non-hydrogen) atoms. The van der Waals surface area contributed by atoms with E-state index >= 15 is 0 Å². The van der Waals surface area contributed by atoms with Crippen LogP contribution in [0.5, 0.6) is 0 Å². The summed E-state index contributed by atoms with van der Waals surface area (Å²) < 4.78 is 2.23. The van der Waals surface area contributed by atoms with Gasteiger partial charge in [0.1, 0.15) is 0 Å². The number of carbonyl (C=O) groups excluding carboxylic acids is 1. The fourth-order valence-electron chi connectivity index (χ4n) is 4.32. The Morgan fingerprint density at radius 1 is 1.04 bits per heavy atom. The quantitative estimate of drug-likeness (QED) is 0.602. The zero-order valence-electron chi connectivity index (χ0n) is 16.9. The molecule has 144 valence electrons. The van der Waals surface area contributed by atoms with E-state index in [0.717, 1.165) is 33.8 Å². The number of hydrogen-bond acceptors (Lipinski definition) is 1. The molecule has 2 aromatic carbocycles. The van der Waals surface area contributed by atoms with Crippen LogP contribution in [0.1, 0.15) is 42.3 Å². The molecule has 0 radical (unpaired) electrons. The predicted molar refractivity (Wildman–Crippen MR) is 114 cm³/mol. The number of hydrogen-bond donors (Lipinski definition) is 1. The van der Waals surface area contributed by atoms with Crippen LogP contribution in [-0.2, 0) is 6.54 Å². The van der Waals surface area contributed by atoms with Crippen molar-refractivity contribution in [2.24, 2.45) is 5.92 Å². The first kappa shape index (κ1) is 18.4. The Kier molecular flexibility index (Phi) is 4.71. The van der Waals surface area contributed by atoms with Crippen molar-refractivity contribution in [1.82, 2.24) is 9.47 Å². The zero-order chi connectivity index (χ0) is 19.8. The van der Waals surface area contributed by atoms with Crippen LogP contribution in [0.4, 0.5) is 10.5 Å². The molecule has 2 heterocycles. The average Bonchev–Trinajstić information content (AvgIpc) is 3.04. The average molecular weight is 374 g/mol. The largest absolute Gasteiger partial charge is 0.322 e. The second kappa shape index (κ2) is 7.19. The van der Waals surface area contributed by atoms with Gasteiger partial charge in [-0.2, -0.15) is 0 Å². The minimum atomic E-state index is -0.0619. The van der Waals surface area contributed by atoms with E-state index < -0.39 is 0 Å². The molecule has 1 aromatic heterocycles. The lowest BCUT2D eigenvalue weighted by atomic mass is 9.99. The molecular weight excluding hydrogens is 346 g/mol. The fourth-order valence-corrected chi connectivity index (χ4v) is 4.32. The highest BCUT2D eigenvalue weighted by atomic mass is 16.2. The Morgan fingerprint density at radius 2 is 1.75 bits per heavy atom. The van der Waals surface area contributed by atoms with Crippen LogP contribution in [0.25, 0.3) is 5.69 Å². The number of rotatable bonds is 2. The molecule has 1 N–H and O–H groups in total. The summed E-state index contributed by atoms with van der Waals surface area (Å²) in [5.74, 6) is 0.285. The maximum atomic E-state index is 13.4. The highest BCUT2D eigenvalue weighted by molar-refractivity contribution is 5.90. The smallest absolute Gasteiger partial charge is 0.318 e. The molecule has 2 amide bonds. The van der Waals surface area contributed by atoms with Gasteiger partial charge in [0.05, 0.1) is 18.3 Å². The maximum absolute atomic E-state index is 13.4. The number of anilines is 1. The van der Waals surface area contributed by atoms with Crippen LogP contribution in [0.2, 0.25) is 0 Å². The molecule has 0 saturated carbocycles. The van der Waals surface area contributed by atoms with Gasteiger partial charge in [-0.3, -0.25) is 0 Å². The molecule has 1 aliphatic rings. The van der Waals surface area contributed by atoms with Crippen LogP contribution < -0.4 is 5.32 Å². The molecule has 1 atom stereocenters. The number of nitrogens with one attached hydrogen (secondary N) is 1. The van der Waals surface area contributed by atoms with Gasteiger partial charge in [0.15, 0.2) is 0 Å². The van der Waals surface area contributed by atoms with Crippen LogP contribution in [0, 0.1) is 19.8 Å². The molecular formula is C24H27N3O. The van der Waals surface area contributed by atoms with Gasteiger partial charge in [0.2, 0.25) is 0 Å². The van der Waals surface area contributed by atoms with Gasteiger partial charge in [-0.15, -0.1) is 0 Å². The van der Waals surface area contributed by atoms with Crippen molar-refractivity contribution in [2.45, 2.75) is 40.3 Å². The first-order valence-electron chi connectivity index (χ1n) is 9.85. The molecule has 4 rings (SSSR count). The lowest BCUT2D eigenvalue weighted by Crippen LogP contribution is -2.39. The van der Waals surface area contributed by atoms with Gasteiger partial charge in [-0.25, -0.2) is 4.79 Å². The summed E-state index contributed by atoms with van der Waals surface area (Å²) in [6.45, 7) is 9.03. The summed E-state index contributed by atoms with van der Waals surface area (Å²) >= 11 is 0. The Hall–Kier alpha value is -3.01. The third-order valence-corrected chi connectivity index (χ3v) is 5.38. The van der Waals surface area contributed by atoms with E-state index in [2.05, 4.69) is 80.2 Å².